The summed E-state index contributed by atoms with van der Waals surface area (Å²) in [4.78, 5) is 12.7. The molecule has 0 aromatic heterocycles. The van der Waals surface area contributed by atoms with Gasteiger partial charge < -0.3 is 10.1 Å². The van der Waals surface area contributed by atoms with Crippen LogP contribution in [0.1, 0.15) is 11.6 Å². The van der Waals surface area contributed by atoms with Gasteiger partial charge in [0.05, 0.1) is 6.26 Å². The topological polar surface area (TPSA) is 75.7 Å². The number of carbonyl (C=O) groups excluding carboxylic acids is 1. The van der Waals surface area contributed by atoms with E-state index in [0.717, 1.165) is 22.7 Å². The lowest BCUT2D eigenvalue weighted by atomic mass is 10.1. The maximum Gasteiger partial charge on any atom is 0.573 e. The summed E-state index contributed by atoms with van der Waals surface area (Å²) in [6.07, 6.45) is -3.85. The van der Waals surface area contributed by atoms with Crippen LogP contribution in [-0.2, 0) is 14.8 Å². The van der Waals surface area contributed by atoms with Crippen LogP contribution in [0.5, 0.6) is 5.75 Å². The Kier molecular flexibility index (Phi) is 6.11. The Hall–Kier alpha value is -2.59. The SMILES string of the molecule is CN([C@H](C(=O)Nc1ccc(OC(F)(F)F)cc1)c1ccccc1)S(C)(=O)=O. The normalized spacial score (nSPS) is 13.3. The van der Waals surface area contributed by atoms with Crippen LogP contribution < -0.4 is 10.1 Å². The molecule has 0 aliphatic carbocycles. The molecule has 10 heteroatoms. The minimum absolute atomic E-state index is 0.192. The number of hydrogen-bond acceptors (Lipinski definition) is 4. The molecule has 0 aliphatic rings. The van der Waals surface area contributed by atoms with Crippen molar-refractivity contribution >= 4 is 21.6 Å². The molecule has 1 N–H and O–H groups in total. The molecule has 146 valence electrons. The Balaban J connectivity index is 2.23. The van der Waals surface area contributed by atoms with Gasteiger partial charge in [-0.3, -0.25) is 4.79 Å². The Labute approximate surface area is 154 Å². The second kappa shape index (κ2) is 7.97. The fourth-order valence-corrected chi connectivity index (χ4v) is 2.90. The summed E-state index contributed by atoms with van der Waals surface area (Å²) in [5.41, 5.74) is 0.636. The van der Waals surface area contributed by atoms with Crippen LogP contribution in [0.3, 0.4) is 0 Å². The Morgan fingerprint density at radius 1 is 1.07 bits per heavy atom. The predicted molar refractivity (Wildman–Crippen MR) is 93.5 cm³/mol. The van der Waals surface area contributed by atoms with E-state index in [1.165, 1.54) is 19.2 Å². The Morgan fingerprint density at radius 3 is 2.11 bits per heavy atom. The highest BCUT2D eigenvalue weighted by molar-refractivity contribution is 7.88. The van der Waals surface area contributed by atoms with E-state index in [1.807, 2.05) is 0 Å². The monoisotopic (exact) mass is 402 g/mol. The van der Waals surface area contributed by atoms with Crippen molar-refractivity contribution in [3.8, 4) is 5.75 Å². The molecule has 6 nitrogen and oxygen atoms in total. The van der Waals surface area contributed by atoms with Crippen molar-refractivity contribution in [3.05, 3.63) is 60.2 Å². The minimum Gasteiger partial charge on any atom is -0.406 e. The molecule has 0 aliphatic heterocycles. The summed E-state index contributed by atoms with van der Waals surface area (Å²) in [7, 11) is -2.42. The van der Waals surface area contributed by atoms with Gasteiger partial charge in [0.15, 0.2) is 0 Å². The number of nitrogens with zero attached hydrogens (tertiary/aromatic N) is 1. The zero-order valence-electron chi connectivity index (χ0n) is 14.4. The van der Waals surface area contributed by atoms with Crippen molar-refractivity contribution < 1.29 is 31.1 Å². The van der Waals surface area contributed by atoms with Crippen LogP contribution >= 0.6 is 0 Å². The van der Waals surface area contributed by atoms with Crippen LogP contribution in [0.2, 0.25) is 0 Å². The molecule has 2 rings (SSSR count). The molecular weight excluding hydrogens is 385 g/mol. The van der Waals surface area contributed by atoms with Crippen molar-refractivity contribution in [2.75, 3.05) is 18.6 Å². The van der Waals surface area contributed by atoms with E-state index in [9.17, 15) is 26.4 Å². The van der Waals surface area contributed by atoms with Crippen molar-refractivity contribution in [1.29, 1.82) is 0 Å². The summed E-state index contributed by atoms with van der Waals surface area (Å²) in [5, 5.41) is 2.50. The molecule has 2 aromatic carbocycles. The molecule has 0 saturated carbocycles. The number of anilines is 1. The van der Waals surface area contributed by atoms with Gasteiger partial charge in [0, 0.05) is 12.7 Å². The molecule has 0 saturated heterocycles. The summed E-state index contributed by atoms with van der Waals surface area (Å²) < 4.78 is 65.1. The smallest absolute Gasteiger partial charge is 0.406 e. The first-order valence-corrected chi connectivity index (χ1v) is 9.47. The number of likely N-dealkylation sites (N-methyl/N-ethyl adjacent to an activating group) is 1. The van der Waals surface area contributed by atoms with Crippen molar-refractivity contribution in [2.24, 2.45) is 0 Å². The largest absolute Gasteiger partial charge is 0.573 e. The molecule has 0 radical (unpaired) electrons. The van der Waals surface area contributed by atoms with Gasteiger partial charge in [-0.1, -0.05) is 30.3 Å². The number of sulfonamides is 1. The zero-order valence-corrected chi connectivity index (χ0v) is 15.2. The van der Waals surface area contributed by atoms with Crippen LogP contribution in [0.25, 0.3) is 0 Å². The molecule has 0 heterocycles. The number of hydrogen-bond donors (Lipinski definition) is 1. The van der Waals surface area contributed by atoms with Gasteiger partial charge in [0.1, 0.15) is 11.8 Å². The van der Waals surface area contributed by atoms with Crippen molar-refractivity contribution in [1.82, 2.24) is 4.31 Å². The second-order valence-corrected chi connectivity index (χ2v) is 7.70. The molecule has 27 heavy (non-hydrogen) atoms. The highest BCUT2D eigenvalue weighted by atomic mass is 32.2. The quantitative estimate of drug-likeness (QED) is 0.806. The number of nitrogens with one attached hydrogen (secondary N) is 1. The standard InChI is InChI=1S/C17H17F3N2O4S/c1-22(27(2,24)25)15(12-6-4-3-5-7-12)16(23)21-13-8-10-14(11-9-13)26-17(18,19)20/h3-11,15H,1-2H3,(H,21,23)/t15-/m0/s1. The third-order valence-electron chi connectivity index (χ3n) is 3.61. The number of rotatable bonds is 6. The summed E-state index contributed by atoms with van der Waals surface area (Å²) >= 11 is 0. The third kappa shape index (κ3) is 5.97. The van der Waals surface area contributed by atoms with Gasteiger partial charge in [0.25, 0.3) is 0 Å². The number of alkyl halides is 3. The van der Waals surface area contributed by atoms with Crippen LogP contribution in [-0.4, -0.2) is 38.3 Å². The number of carbonyl (C=O) groups is 1. The van der Waals surface area contributed by atoms with Gasteiger partial charge in [-0.2, -0.15) is 4.31 Å². The lowest BCUT2D eigenvalue weighted by Crippen LogP contribution is -2.38. The predicted octanol–water partition coefficient (Wildman–Crippen LogP) is 3.16. The minimum atomic E-state index is -4.82. The van der Waals surface area contributed by atoms with Crippen molar-refractivity contribution in [2.45, 2.75) is 12.4 Å². The lowest BCUT2D eigenvalue weighted by Gasteiger charge is -2.25. The average Bonchev–Trinajstić information content (AvgIpc) is 2.55. The van der Waals surface area contributed by atoms with Gasteiger partial charge in [0.2, 0.25) is 15.9 Å². The number of halogens is 3. The fraction of sp³-hybridized carbons (Fsp3) is 0.235. The average molecular weight is 402 g/mol. The maximum absolute atomic E-state index is 12.7. The van der Waals surface area contributed by atoms with Crippen LogP contribution in [0.15, 0.2) is 54.6 Å². The zero-order chi connectivity index (χ0) is 20.2. The highest BCUT2D eigenvalue weighted by Crippen LogP contribution is 2.26. The number of benzene rings is 2. The summed E-state index contributed by atoms with van der Waals surface area (Å²) in [6.45, 7) is 0. The first kappa shape index (κ1) is 20.7. The molecule has 0 spiro atoms. The molecule has 2 aromatic rings. The Morgan fingerprint density at radius 2 is 1.63 bits per heavy atom. The van der Waals surface area contributed by atoms with E-state index in [1.54, 1.807) is 30.3 Å². The molecule has 1 amide bonds. The van der Waals surface area contributed by atoms with Gasteiger partial charge >= 0.3 is 6.36 Å². The second-order valence-electron chi connectivity index (χ2n) is 5.65. The molecular formula is C17H17F3N2O4S. The van der Waals surface area contributed by atoms with Crippen molar-refractivity contribution in [3.63, 3.8) is 0 Å². The van der Waals surface area contributed by atoms with E-state index >= 15 is 0 Å². The molecule has 0 bridgehead atoms. The first-order valence-electron chi connectivity index (χ1n) is 7.62. The summed E-state index contributed by atoms with van der Waals surface area (Å²) in [6, 6.07) is 11.6. The highest BCUT2D eigenvalue weighted by Gasteiger charge is 2.32. The Bertz CT molecular complexity index is 885. The fourth-order valence-electron chi connectivity index (χ4n) is 2.30. The van der Waals surface area contributed by atoms with E-state index in [-0.39, 0.29) is 5.69 Å². The van der Waals surface area contributed by atoms with Gasteiger partial charge in [-0.05, 0) is 29.8 Å². The van der Waals surface area contributed by atoms with E-state index in [4.69, 9.17) is 0 Å². The molecule has 0 unspecified atom stereocenters. The molecule has 1 atom stereocenters. The summed E-state index contributed by atoms with van der Waals surface area (Å²) in [5.74, 6) is -1.09. The van der Waals surface area contributed by atoms with E-state index in [0.29, 0.717) is 5.56 Å². The van der Waals surface area contributed by atoms with Gasteiger partial charge in [-0.25, -0.2) is 8.42 Å². The molecule has 0 fully saturated rings. The third-order valence-corrected chi connectivity index (χ3v) is 4.86. The van der Waals surface area contributed by atoms with Gasteiger partial charge in [-0.15, -0.1) is 13.2 Å². The first-order chi connectivity index (χ1) is 12.5. The van der Waals surface area contributed by atoms with E-state index < -0.39 is 34.1 Å². The van der Waals surface area contributed by atoms with Crippen LogP contribution in [0.4, 0.5) is 18.9 Å². The maximum atomic E-state index is 12.7. The lowest BCUT2D eigenvalue weighted by molar-refractivity contribution is -0.274. The number of amides is 1. The van der Waals surface area contributed by atoms with E-state index in [2.05, 4.69) is 10.1 Å². The number of ether oxygens (including phenoxy) is 1. The van der Waals surface area contributed by atoms with Crippen LogP contribution in [0, 0.1) is 0 Å².